The Labute approximate surface area is 160 Å². The van der Waals surface area contributed by atoms with Crippen molar-refractivity contribution in [2.24, 2.45) is 5.16 Å². The minimum atomic E-state index is -0.510. The first-order valence-electron chi connectivity index (χ1n) is 7.95. The van der Waals surface area contributed by atoms with Crippen LogP contribution in [-0.4, -0.2) is 20.8 Å². The lowest BCUT2D eigenvalue weighted by atomic mass is 9.98. The van der Waals surface area contributed by atoms with Gasteiger partial charge in [-0.15, -0.1) is 0 Å². The summed E-state index contributed by atoms with van der Waals surface area (Å²) >= 11 is 6.40. The van der Waals surface area contributed by atoms with E-state index in [0.29, 0.717) is 27.8 Å². The van der Waals surface area contributed by atoms with Crippen molar-refractivity contribution in [3.8, 4) is 0 Å². The quantitative estimate of drug-likeness (QED) is 0.282. The van der Waals surface area contributed by atoms with E-state index in [9.17, 15) is 15.3 Å². The number of hydrogen-bond donors (Lipinski definition) is 2. The third kappa shape index (κ3) is 4.04. The monoisotopic (exact) mass is 382 g/mol. The van der Waals surface area contributed by atoms with Crippen LogP contribution < -0.4 is 5.32 Å². The second-order valence-corrected chi connectivity index (χ2v) is 6.15. The van der Waals surface area contributed by atoms with Gasteiger partial charge in [0.2, 0.25) is 0 Å². The van der Waals surface area contributed by atoms with E-state index in [-0.39, 0.29) is 5.69 Å². The summed E-state index contributed by atoms with van der Waals surface area (Å²) in [5.74, 6) is 0.444. The lowest BCUT2D eigenvalue weighted by Crippen LogP contribution is -2.06. The Morgan fingerprint density at radius 1 is 1.19 bits per heavy atom. The maximum Gasteiger partial charge on any atom is 0.287 e. The number of hydrogen-bond acceptors (Lipinski definition) is 6. The van der Waals surface area contributed by atoms with Gasteiger partial charge in [0, 0.05) is 22.9 Å². The molecule has 1 heterocycles. The number of anilines is 2. The Kier molecular flexibility index (Phi) is 5.33. The van der Waals surface area contributed by atoms with Gasteiger partial charge in [0.25, 0.3) is 5.69 Å². The van der Waals surface area contributed by atoms with Crippen molar-refractivity contribution in [1.29, 1.82) is 0 Å². The molecule has 0 atom stereocenters. The normalized spacial score (nSPS) is 11.3. The molecule has 0 fully saturated rings. The van der Waals surface area contributed by atoms with Gasteiger partial charge < -0.3 is 10.5 Å². The summed E-state index contributed by atoms with van der Waals surface area (Å²) in [5, 5.41) is 27.0. The predicted molar refractivity (Wildman–Crippen MR) is 104 cm³/mol. The molecular weight excluding hydrogens is 368 g/mol. The van der Waals surface area contributed by atoms with E-state index in [2.05, 4.69) is 15.5 Å². The van der Waals surface area contributed by atoms with Gasteiger partial charge in [-0.3, -0.25) is 10.1 Å². The zero-order valence-electron chi connectivity index (χ0n) is 14.3. The Bertz CT molecular complexity index is 1020. The summed E-state index contributed by atoms with van der Waals surface area (Å²) in [5.41, 5.74) is 3.25. The molecule has 0 amide bonds. The van der Waals surface area contributed by atoms with Crippen LogP contribution in [0.3, 0.4) is 0 Å². The Morgan fingerprint density at radius 2 is 1.96 bits per heavy atom. The molecule has 2 N–H and O–H groups in total. The molecule has 3 aromatic rings. The van der Waals surface area contributed by atoms with Gasteiger partial charge in [-0.1, -0.05) is 41.0 Å². The van der Waals surface area contributed by atoms with Gasteiger partial charge in [0.1, 0.15) is 17.7 Å². The summed E-state index contributed by atoms with van der Waals surface area (Å²) in [4.78, 5) is 14.2. The number of aryl methyl sites for hydroxylation is 1. The molecule has 7 nitrogen and oxygen atoms in total. The third-order valence-corrected chi connectivity index (χ3v) is 4.27. The molecule has 0 aliphatic carbocycles. The first-order valence-corrected chi connectivity index (χ1v) is 8.33. The third-order valence-electron chi connectivity index (χ3n) is 3.96. The van der Waals surface area contributed by atoms with Gasteiger partial charge >= 0.3 is 0 Å². The molecule has 0 saturated carbocycles. The van der Waals surface area contributed by atoms with Crippen LogP contribution in [0.25, 0.3) is 0 Å². The molecule has 27 heavy (non-hydrogen) atoms. The molecule has 0 unspecified atom stereocenters. The molecule has 0 bridgehead atoms. The zero-order valence-corrected chi connectivity index (χ0v) is 15.0. The summed E-state index contributed by atoms with van der Waals surface area (Å²) in [6.45, 7) is 1.92. The summed E-state index contributed by atoms with van der Waals surface area (Å²) in [6.07, 6.45) is 1.17. The number of nitro groups is 1. The van der Waals surface area contributed by atoms with Crippen LogP contribution in [0.1, 0.15) is 16.7 Å². The fraction of sp³-hybridized carbons (Fsp3) is 0.0526. The molecule has 2 aromatic carbocycles. The van der Waals surface area contributed by atoms with Crippen molar-refractivity contribution in [1.82, 2.24) is 4.98 Å². The topological polar surface area (TPSA) is 101 Å². The lowest BCUT2D eigenvalue weighted by Gasteiger charge is -2.12. The van der Waals surface area contributed by atoms with Crippen molar-refractivity contribution < 1.29 is 10.1 Å². The largest absolute Gasteiger partial charge is 0.410 e. The van der Waals surface area contributed by atoms with Crippen LogP contribution >= 0.6 is 11.6 Å². The van der Waals surface area contributed by atoms with E-state index in [1.54, 1.807) is 18.2 Å². The van der Waals surface area contributed by atoms with Gasteiger partial charge in [0.15, 0.2) is 0 Å². The minimum Gasteiger partial charge on any atom is -0.410 e. The fourth-order valence-corrected chi connectivity index (χ4v) is 2.86. The first-order chi connectivity index (χ1) is 13.0. The predicted octanol–water partition coefficient (Wildman–Crippen LogP) is 4.92. The van der Waals surface area contributed by atoms with Crippen LogP contribution in [-0.2, 0) is 0 Å². The van der Waals surface area contributed by atoms with E-state index in [4.69, 9.17) is 11.6 Å². The van der Waals surface area contributed by atoms with Crippen molar-refractivity contribution in [3.05, 3.63) is 92.6 Å². The second-order valence-electron chi connectivity index (χ2n) is 5.74. The minimum absolute atomic E-state index is 0.0871. The number of halogens is 1. The SMILES string of the molecule is Cc1ccccc1/C(=N/O)c1ccc(Nc2ccc([N+](=O)[O-])cn2)cc1Cl. The molecule has 0 aliphatic heterocycles. The highest BCUT2D eigenvalue weighted by Gasteiger charge is 2.14. The van der Waals surface area contributed by atoms with E-state index in [1.165, 1.54) is 18.3 Å². The van der Waals surface area contributed by atoms with E-state index < -0.39 is 4.92 Å². The fourth-order valence-electron chi connectivity index (χ4n) is 2.59. The molecule has 8 heteroatoms. The molecule has 1 aromatic heterocycles. The first kappa shape index (κ1) is 18.3. The Hall–Kier alpha value is -3.45. The smallest absolute Gasteiger partial charge is 0.287 e. The van der Waals surface area contributed by atoms with Gasteiger partial charge in [0.05, 0.1) is 9.95 Å². The highest BCUT2D eigenvalue weighted by Crippen LogP contribution is 2.27. The van der Waals surface area contributed by atoms with Crippen molar-refractivity contribution in [2.75, 3.05) is 5.32 Å². The number of rotatable bonds is 5. The van der Waals surface area contributed by atoms with Gasteiger partial charge in [-0.25, -0.2) is 4.98 Å². The van der Waals surface area contributed by atoms with Crippen LogP contribution in [0.15, 0.2) is 65.9 Å². The van der Waals surface area contributed by atoms with Crippen molar-refractivity contribution in [3.63, 3.8) is 0 Å². The molecule has 0 radical (unpaired) electrons. The van der Waals surface area contributed by atoms with Crippen molar-refractivity contribution in [2.45, 2.75) is 6.92 Å². The molecule has 0 saturated heterocycles. The number of benzene rings is 2. The van der Waals surface area contributed by atoms with E-state index in [1.807, 2.05) is 31.2 Å². The number of aromatic nitrogens is 1. The maximum absolute atomic E-state index is 10.7. The molecular formula is C19H15ClN4O3. The van der Waals surface area contributed by atoms with E-state index >= 15 is 0 Å². The molecule has 0 spiro atoms. The van der Waals surface area contributed by atoms with Gasteiger partial charge in [-0.05, 0) is 36.8 Å². The molecule has 136 valence electrons. The second kappa shape index (κ2) is 7.84. The Balaban J connectivity index is 1.87. The average molecular weight is 383 g/mol. The van der Waals surface area contributed by atoms with Crippen LogP contribution in [0.4, 0.5) is 17.2 Å². The van der Waals surface area contributed by atoms with Crippen LogP contribution in [0.5, 0.6) is 0 Å². The zero-order chi connectivity index (χ0) is 19.4. The van der Waals surface area contributed by atoms with E-state index in [0.717, 1.165) is 11.1 Å². The maximum atomic E-state index is 10.7. The van der Waals surface area contributed by atoms with Crippen molar-refractivity contribution >= 4 is 34.5 Å². The lowest BCUT2D eigenvalue weighted by molar-refractivity contribution is -0.385. The summed E-state index contributed by atoms with van der Waals surface area (Å²) in [7, 11) is 0. The van der Waals surface area contributed by atoms with Gasteiger partial charge in [-0.2, -0.15) is 0 Å². The number of nitrogens with one attached hydrogen (secondary N) is 1. The van der Waals surface area contributed by atoms with Crippen LogP contribution in [0, 0.1) is 17.0 Å². The summed E-state index contributed by atoms with van der Waals surface area (Å²) < 4.78 is 0. The number of pyridine rings is 1. The number of nitrogens with zero attached hydrogens (tertiary/aromatic N) is 3. The molecule has 0 aliphatic rings. The summed E-state index contributed by atoms with van der Waals surface area (Å²) in [6, 6.07) is 15.6. The molecule has 3 rings (SSSR count). The highest BCUT2D eigenvalue weighted by atomic mass is 35.5. The number of oxime groups is 1. The Morgan fingerprint density at radius 3 is 2.56 bits per heavy atom. The average Bonchev–Trinajstić information content (AvgIpc) is 2.66. The highest BCUT2D eigenvalue weighted by molar-refractivity contribution is 6.35. The standard InChI is InChI=1S/C19H15ClN4O3/c1-12-4-2-3-5-15(12)19(23-25)16-8-6-13(10-17(16)20)22-18-9-7-14(11-21-18)24(26)27/h2-11,25H,1H3,(H,21,22)/b23-19-. The van der Waals surface area contributed by atoms with Crippen LogP contribution in [0.2, 0.25) is 5.02 Å².